The van der Waals surface area contributed by atoms with Crippen molar-refractivity contribution in [3.8, 4) is 5.75 Å². The van der Waals surface area contributed by atoms with Gasteiger partial charge >= 0.3 is 7.12 Å². The van der Waals surface area contributed by atoms with Crippen LogP contribution in [0, 0.1) is 24.7 Å². The lowest BCUT2D eigenvalue weighted by Crippen LogP contribution is -2.60. The molecule has 6 atom stereocenters. The highest BCUT2D eigenvalue weighted by Gasteiger charge is 2.76. The summed E-state index contributed by atoms with van der Waals surface area (Å²) >= 11 is 17.6. The summed E-state index contributed by atoms with van der Waals surface area (Å²) < 4.78 is 0. The number of rotatable bonds is 4. The number of benzene rings is 2. The van der Waals surface area contributed by atoms with Gasteiger partial charge in [0.1, 0.15) is 5.75 Å². The fourth-order valence-electron chi connectivity index (χ4n) is 7.06. The van der Waals surface area contributed by atoms with E-state index < -0.39 is 64.2 Å². The predicted molar refractivity (Wildman–Crippen MR) is 155 cm³/mol. The lowest BCUT2D eigenvalue weighted by molar-refractivity contribution is -0.138. The van der Waals surface area contributed by atoms with Crippen LogP contribution in [-0.2, 0) is 19.2 Å². The molecule has 0 bridgehead atoms. The zero-order valence-electron chi connectivity index (χ0n) is 21.6. The van der Waals surface area contributed by atoms with E-state index >= 15 is 0 Å². The van der Waals surface area contributed by atoms with Crippen molar-refractivity contribution in [2.75, 3.05) is 10.4 Å². The van der Waals surface area contributed by atoms with Gasteiger partial charge < -0.3 is 15.2 Å². The number of amides is 4. The highest BCUT2D eigenvalue weighted by Crippen LogP contribution is 2.65. The standard InChI is InChI=1S/C28H24BBrCl2N2O7/c1-13-9-14(5-8-20(13)35)22-17-6-7-18-21(19(17)11-27(31)25(38)33(12-30)26(39)28(22,27)32)24(37)34(23(18)36)16-4-2-3-15(10-16)29(40)41/h2-6,8-10,18-19,21-22,35,40-41H,7,11-12H2,1H3. The maximum absolute atomic E-state index is 14.0. The first-order valence-corrected chi connectivity index (χ1v) is 14.9. The van der Waals surface area contributed by atoms with Gasteiger partial charge in [-0.1, -0.05) is 51.8 Å². The number of halogens is 3. The maximum Gasteiger partial charge on any atom is 0.488 e. The third-order valence-corrected chi connectivity index (χ3v) is 10.9. The number of nitrogens with zero attached hydrogens (tertiary/aromatic N) is 2. The summed E-state index contributed by atoms with van der Waals surface area (Å²) in [4.78, 5) is 53.4. The number of likely N-dealkylation sites (tertiary alicyclic amines) is 1. The third-order valence-electron chi connectivity index (χ3n) is 9.00. The Balaban J connectivity index is 1.50. The molecule has 4 aliphatic rings. The van der Waals surface area contributed by atoms with Crippen LogP contribution in [0.4, 0.5) is 5.69 Å². The first kappa shape index (κ1) is 28.4. The van der Waals surface area contributed by atoms with E-state index in [4.69, 9.17) is 23.2 Å². The second kappa shape index (κ2) is 9.67. The predicted octanol–water partition coefficient (Wildman–Crippen LogP) is 2.30. The number of aromatic hydroxyl groups is 1. The molecular formula is C28H24BBrCl2N2O7. The van der Waals surface area contributed by atoms with Crippen LogP contribution in [-0.4, -0.2) is 66.0 Å². The number of anilines is 1. The molecule has 2 aromatic carbocycles. The van der Waals surface area contributed by atoms with E-state index in [-0.39, 0.29) is 35.2 Å². The number of allylic oxidation sites excluding steroid dienone is 2. The van der Waals surface area contributed by atoms with Gasteiger partial charge in [0.2, 0.25) is 11.8 Å². The Kier molecular flexibility index (Phi) is 6.70. The minimum absolute atomic E-state index is 0.0397. The highest BCUT2D eigenvalue weighted by molar-refractivity contribution is 9.09. The van der Waals surface area contributed by atoms with Gasteiger partial charge in [-0.3, -0.25) is 29.0 Å². The van der Waals surface area contributed by atoms with Crippen molar-refractivity contribution < 1.29 is 34.3 Å². The molecule has 6 rings (SSSR count). The van der Waals surface area contributed by atoms with Gasteiger partial charge in [-0.2, -0.15) is 0 Å². The molecule has 9 nitrogen and oxygen atoms in total. The second-order valence-corrected chi connectivity index (χ2v) is 12.8. The molecule has 2 heterocycles. The summed E-state index contributed by atoms with van der Waals surface area (Å²) in [6.45, 7) is 1.69. The number of aryl methyl sites for hydroxylation is 1. The Labute approximate surface area is 254 Å². The summed E-state index contributed by atoms with van der Waals surface area (Å²) in [6.07, 6.45) is 1.88. The van der Waals surface area contributed by atoms with Gasteiger partial charge in [0.05, 0.1) is 23.0 Å². The average Bonchev–Trinajstić information content (AvgIpc) is 3.28. The fourth-order valence-corrected chi connectivity index (χ4v) is 8.49. The zero-order valence-corrected chi connectivity index (χ0v) is 24.7. The maximum atomic E-state index is 14.0. The first-order chi connectivity index (χ1) is 19.4. The smallest absolute Gasteiger partial charge is 0.488 e. The van der Waals surface area contributed by atoms with Crippen molar-refractivity contribution in [3.05, 3.63) is 65.2 Å². The van der Waals surface area contributed by atoms with Crippen molar-refractivity contribution >= 4 is 81.0 Å². The van der Waals surface area contributed by atoms with E-state index in [2.05, 4.69) is 15.9 Å². The first-order valence-electron chi connectivity index (χ1n) is 13.0. The number of alkyl halides is 3. The molecule has 4 amide bonds. The average molecular weight is 662 g/mol. The van der Waals surface area contributed by atoms with E-state index in [1.807, 2.05) is 6.08 Å². The summed E-state index contributed by atoms with van der Waals surface area (Å²) in [5, 5.41) is 29.5. The van der Waals surface area contributed by atoms with Gasteiger partial charge in [-0.05, 0) is 60.5 Å². The molecule has 2 aromatic rings. The lowest BCUT2D eigenvalue weighted by atomic mass is 9.56. The molecule has 3 N–H and O–H groups in total. The monoisotopic (exact) mass is 660 g/mol. The molecule has 3 fully saturated rings. The molecule has 212 valence electrons. The molecule has 13 heteroatoms. The number of carbonyl (C=O) groups is 4. The summed E-state index contributed by atoms with van der Waals surface area (Å²) in [5.74, 6) is -5.51. The van der Waals surface area contributed by atoms with E-state index in [0.717, 1.165) is 9.80 Å². The number of imide groups is 2. The van der Waals surface area contributed by atoms with Gasteiger partial charge in [-0.15, -0.1) is 23.2 Å². The minimum Gasteiger partial charge on any atom is -0.508 e. The van der Waals surface area contributed by atoms with Crippen LogP contribution in [0.5, 0.6) is 5.75 Å². The van der Waals surface area contributed by atoms with Crippen LogP contribution in [0.3, 0.4) is 0 Å². The molecule has 2 aliphatic heterocycles. The van der Waals surface area contributed by atoms with E-state index in [0.29, 0.717) is 16.7 Å². The normalized spacial score (nSPS) is 32.6. The number of hydrogen-bond donors (Lipinski definition) is 3. The fraction of sp³-hybridized carbons (Fsp3) is 0.357. The SMILES string of the molecule is Cc1cc(C2C3=CCC4C(=O)N(c5cccc(B(O)O)c5)C(=O)C4C3CC3(Cl)C(=O)N(CBr)C(=O)C23Cl)ccc1O. The summed E-state index contributed by atoms with van der Waals surface area (Å²) in [5.41, 5.74) is 1.91. The topological polar surface area (TPSA) is 135 Å². The highest BCUT2D eigenvalue weighted by atomic mass is 79.9. The van der Waals surface area contributed by atoms with E-state index in [1.54, 1.807) is 19.1 Å². The number of phenols is 1. The number of fused-ring (bicyclic) bond motifs is 4. The van der Waals surface area contributed by atoms with Crippen LogP contribution in [0.1, 0.15) is 29.9 Å². The largest absolute Gasteiger partial charge is 0.508 e. The van der Waals surface area contributed by atoms with Crippen molar-refractivity contribution in [1.29, 1.82) is 0 Å². The van der Waals surface area contributed by atoms with Crippen LogP contribution in [0.25, 0.3) is 0 Å². The van der Waals surface area contributed by atoms with Crippen molar-refractivity contribution in [2.45, 2.75) is 35.4 Å². The molecule has 1 saturated carbocycles. The van der Waals surface area contributed by atoms with Crippen LogP contribution < -0.4 is 10.4 Å². The van der Waals surface area contributed by atoms with E-state index in [9.17, 15) is 34.3 Å². The Morgan fingerprint density at radius 2 is 1.76 bits per heavy atom. The van der Waals surface area contributed by atoms with Gasteiger partial charge in [-0.25, -0.2) is 0 Å². The molecule has 2 aliphatic carbocycles. The Hall–Kier alpha value is -2.70. The Morgan fingerprint density at radius 3 is 2.41 bits per heavy atom. The molecule has 2 saturated heterocycles. The third kappa shape index (κ3) is 3.75. The number of hydrogen-bond acceptors (Lipinski definition) is 7. The van der Waals surface area contributed by atoms with Crippen molar-refractivity contribution in [3.63, 3.8) is 0 Å². The van der Waals surface area contributed by atoms with Crippen molar-refractivity contribution in [1.82, 2.24) is 4.90 Å². The van der Waals surface area contributed by atoms with Gasteiger partial charge in [0, 0.05) is 5.92 Å². The Bertz CT molecular complexity index is 1570. The molecule has 0 aromatic heterocycles. The molecule has 41 heavy (non-hydrogen) atoms. The number of phenolic OH excluding ortho intramolecular Hbond substituents is 1. The van der Waals surface area contributed by atoms with Crippen LogP contribution in [0.15, 0.2) is 54.1 Å². The quantitative estimate of drug-likeness (QED) is 0.151. The van der Waals surface area contributed by atoms with Crippen LogP contribution in [0.2, 0.25) is 0 Å². The lowest BCUT2D eigenvalue weighted by Gasteiger charge is -2.50. The Morgan fingerprint density at radius 1 is 1.02 bits per heavy atom. The van der Waals surface area contributed by atoms with Crippen LogP contribution >= 0.6 is 39.1 Å². The molecule has 6 unspecified atom stereocenters. The zero-order chi connectivity index (χ0) is 29.6. The van der Waals surface area contributed by atoms with Gasteiger partial charge in [0.25, 0.3) is 11.8 Å². The number of carbonyl (C=O) groups excluding carboxylic acids is 4. The van der Waals surface area contributed by atoms with Crippen molar-refractivity contribution in [2.24, 2.45) is 17.8 Å². The molecule has 0 radical (unpaired) electrons. The second-order valence-electron chi connectivity index (χ2n) is 11.0. The molecule has 0 spiro atoms. The van der Waals surface area contributed by atoms with E-state index in [1.165, 1.54) is 30.3 Å². The minimum atomic E-state index is -1.92. The summed E-state index contributed by atoms with van der Waals surface area (Å²) in [6, 6.07) is 10.7. The van der Waals surface area contributed by atoms with Gasteiger partial charge in [0.15, 0.2) is 9.75 Å². The summed E-state index contributed by atoms with van der Waals surface area (Å²) in [7, 11) is -1.79. The molecular weight excluding hydrogens is 638 g/mol.